The van der Waals surface area contributed by atoms with Crippen LogP contribution in [0.1, 0.15) is 22.4 Å². The fraction of sp³-hybridized carbons (Fsp3) is 0.500. The molecule has 1 fully saturated rings. The monoisotopic (exact) mass is 420 g/mol. The van der Waals surface area contributed by atoms with Gasteiger partial charge < -0.3 is 10.1 Å². The Morgan fingerprint density at radius 1 is 1.15 bits per heavy atom. The lowest BCUT2D eigenvalue weighted by Gasteiger charge is -2.26. The van der Waals surface area contributed by atoms with Crippen LogP contribution in [0, 0.1) is 6.92 Å². The van der Waals surface area contributed by atoms with E-state index in [2.05, 4.69) is 39.6 Å². The van der Waals surface area contributed by atoms with Crippen LogP contribution in [0.5, 0.6) is 0 Å². The first-order valence-corrected chi connectivity index (χ1v) is 8.78. The minimum absolute atomic E-state index is 0. The summed E-state index contributed by atoms with van der Waals surface area (Å²) in [6, 6.07) is 8.77. The number of nitrogens with zero attached hydrogens (tertiary/aromatic N) is 3. The third kappa shape index (κ3) is 6.12. The van der Waals surface area contributed by atoms with Gasteiger partial charge in [0.15, 0.2) is 0 Å². The summed E-state index contributed by atoms with van der Waals surface area (Å²) in [4.78, 5) is 2.44. The molecule has 0 radical (unpaired) electrons. The standard InChI is InChI=1S/C18H25ClN4O.2ClH/c1-14-17(18(19)22(2)21-14)12-20-11-15-4-3-5-16(10-15)13-23-6-8-24-9-7-23;;/h3-5,10,20H,6-9,11-13H2,1-2H3;2*1H. The summed E-state index contributed by atoms with van der Waals surface area (Å²) in [5.41, 5.74) is 4.70. The summed E-state index contributed by atoms with van der Waals surface area (Å²) in [5.74, 6) is 0. The Morgan fingerprint density at radius 2 is 1.85 bits per heavy atom. The second kappa shape index (κ2) is 11.1. The van der Waals surface area contributed by atoms with E-state index in [-0.39, 0.29) is 24.8 Å². The first-order chi connectivity index (χ1) is 11.6. The minimum Gasteiger partial charge on any atom is -0.379 e. The zero-order valence-corrected chi connectivity index (χ0v) is 17.6. The highest BCUT2D eigenvalue weighted by molar-refractivity contribution is 6.30. The van der Waals surface area contributed by atoms with E-state index >= 15 is 0 Å². The number of benzene rings is 1. The molecule has 146 valence electrons. The van der Waals surface area contributed by atoms with Crippen molar-refractivity contribution in [1.29, 1.82) is 0 Å². The van der Waals surface area contributed by atoms with Crippen molar-refractivity contribution >= 4 is 36.4 Å². The van der Waals surface area contributed by atoms with E-state index in [1.54, 1.807) is 4.68 Å². The Hall–Kier alpha value is -0.820. The van der Waals surface area contributed by atoms with E-state index in [9.17, 15) is 0 Å². The van der Waals surface area contributed by atoms with Crippen molar-refractivity contribution in [2.75, 3.05) is 26.3 Å². The van der Waals surface area contributed by atoms with Crippen LogP contribution < -0.4 is 5.32 Å². The molecule has 1 aliphatic heterocycles. The summed E-state index contributed by atoms with van der Waals surface area (Å²) in [5, 5.41) is 8.53. The van der Waals surface area contributed by atoms with Crippen molar-refractivity contribution in [3.8, 4) is 0 Å². The molecule has 26 heavy (non-hydrogen) atoms. The van der Waals surface area contributed by atoms with E-state index in [1.807, 2.05) is 14.0 Å². The quantitative estimate of drug-likeness (QED) is 0.777. The third-order valence-corrected chi connectivity index (χ3v) is 4.87. The van der Waals surface area contributed by atoms with Gasteiger partial charge in [0, 0.05) is 45.3 Å². The molecular weight excluding hydrogens is 395 g/mol. The highest BCUT2D eigenvalue weighted by Crippen LogP contribution is 2.18. The summed E-state index contributed by atoms with van der Waals surface area (Å²) < 4.78 is 7.13. The average molecular weight is 422 g/mol. The summed E-state index contributed by atoms with van der Waals surface area (Å²) in [6.45, 7) is 8.24. The van der Waals surface area contributed by atoms with Crippen LogP contribution in [-0.4, -0.2) is 41.0 Å². The number of hydrogen-bond acceptors (Lipinski definition) is 4. The van der Waals surface area contributed by atoms with Gasteiger partial charge in [0.1, 0.15) is 5.15 Å². The van der Waals surface area contributed by atoms with E-state index in [4.69, 9.17) is 16.3 Å². The molecule has 1 aromatic heterocycles. The van der Waals surface area contributed by atoms with Gasteiger partial charge >= 0.3 is 0 Å². The van der Waals surface area contributed by atoms with Gasteiger partial charge in [0.05, 0.1) is 18.9 Å². The lowest BCUT2D eigenvalue weighted by Crippen LogP contribution is -2.35. The van der Waals surface area contributed by atoms with Gasteiger partial charge in [-0.25, -0.2) is 0 Å². The number of aryl methyl sites for hydroxylation is 2. The van der Waals surface area contributed by atoms with Crippen molar-refractivity contribution in [1.82, 2.24) is 20.0 Å². The molecule has 0 aliphatic carbocycles. The van der Waals surface area contributed by atoms with Gasteiger partial charge in [0.25, 0.3) is 0 Å². The van der Waals surface area contributed by atoms with Crippen molar-refractivity contribution in [2.24, 2.45) is 7.05 Å². The third-order valence-electron chi connectivity index (χ3n) is 4.40. The van der Waals surface area contributed by atoms with Gasteiger partial charge in [-0.2, -0.15) is 5.10 Å². The second-order valence-corrected chi connectivity index (χ2v) is 6.65. The predicted octanol–water partition coefficient (Wildman–Crippen LogP) is 3.35. The SMILES string of the molecule is Cc1nn(C)c(Cl)c1CNCc1cccc(CN2CCOCC2)c1.Cl.Cl. The fourth-order valence-electron chi connectivity index (χ4n) is 3.06. The molecule has 5 nitrogen and oxygen atoms in total. The van der Waals surface area contributed by atoms with Crippen molar-refractivity contribution in [3.05, 3.63) is 51.8 Å². The van der Waals surface area contributed by atoms with Gasteiger partial charge in [-0.3, -0.25) is 9.58 Å². The van der Waals surface area contributed by atoms with Gasteiger partial charge in [-0.15, -0.1) is 24.8 Å². The zero-order chi connectivity index (χ0) is 16.9. The molecule has 1 aliphatic rings. The summed E-state index contributed by atoms with van der Waals surface area (Å²) in [7, 11) is 1.87. The largest absolute Gasteiger partial charge is 0.379 e. The maximum atomic E-state index is 6.27. The lowest BCUT2D eigenvalue weighted by atomic mass is 10.1. The van der Waals surface area contributed by atoms with Crippen molar-refractivity contribution in [3.63, 3.8) is 0 Å². The predicted molar refractivity (Wildman–Crippen MR) is 111 cm³/mol. The molecular formula is C18H27Cl3N4O. The number of rotatable bonds is 6. The number of hydrogen-bond donors (Lipinski definition) is 1. The number of morpholine rings is 1. The van der Waals surface area contributed by atoms with Gasteiger partial charge in [-0.05, 0) is 18.1 Å². The highest BCUT2D eigenvalue weighted by Gasteiger charge is 2.12. The normalized spacial score (nSPS) is 14.6. The number of halogens is 3. The summed E-state index contributed by atoms with van der Waals surface area (Å²) >= 11 is 6.27. The molecule has 8 heteroatoms. The number of aromatic nitrogens is 2. The molecule has 3 rings (SSSR count). The van der Waals surface area contributed by atoms with E-state index < -0.39 is 0 Å². The smallest absolute Gasteiger partial charge is 0.131 e. The molecule has 1 saturated heterocycles. The molecule has 2 aromatic rings. The molecule has 0 unspecified atom stereocenters. The van der Waals surface area contributed by atoms with Crippen LogP contribution >= 0.6 is 36.4 Å². The Bertz CT molecular complexity index is 687. The van der Waals surface area contributed by atoms with Gasteiger partial charge in [-0.1, -0.05) is 35.9 Å². The Balaban J connectivity index is 0.00000169. The number of ether oxygens (including phenoxy) is 1. The fourth-order valence-corrected chi connectivity index (χ4v) is 3.30. The van der Waals surface area contributed by atoms with Crippen LogP contribution in [0.25, 0.3) is 0 Å². The van der Waals surface area contributed by atoms with Crippen LogP contribution in [0.3, 0.4) is 0 Å². The Morgan fingerprint density at radius 3 is 2.50 bits per heavy atom. The molecule has 0 atom stereocenters. The molecule has 0 spiro atoms. The van der Waals surface area contributed by atoms with Crippen molar-refractivity contribution < 1.29 is 4.74 Å². The Kier molecular flexibility index (Phi) is 9.93. The maximum Gasteiger partial charge on any atom is 0.131 e. The molecule has 1 N–H and O–H groups in total. The zero-order valence-electron chi connectivity index (χ0n) is 15.2. The van der Waals surface area contributed by atoms with Crippen LogP contribution in [0.2, 0.25) is 5.15 Å². The highest BCUT2D eigenvalue weighted by atomic mass is 35.5. The van der Waals surface area contributed by atoms with E-state index in [1.165, 1.54) is 11.1 Å². The summed E-state index contributed by atoms with van der Waals surface area (Å²) in [6.07, 6.45) is 0. The molecule has 0 saturated carbocycles. The molecule has 0 amide bonds. The van der Waals surface area contributed by atoms with E-state index in [0.717, 1.165) is 57.2 Å². The molecule has 1 aromatic carbocycles. The van der Waals surface area contributed by atoms with E-state index in [0.29, 0.717) is 5.15 Å². The lowest BCUT2D eigenvalue weighted by molar-refractivity contribution is 0.0342. The number of nitrogens with one attached hydrogen (secondary N) is 1. The molecule has 2 heterocycles. The van der Waals surface area contributed by atoms with Crippen LogP contribution in [-0.2, 0) is 31.4 Å². The topological polar surface area (TPSA) is 42.3 Å². The second-order valence-electron chi connectivity index (χ2n) is 6.29. The maximum absolute atomic E-state index is 6.27. The first-order valence-electron chi connectivity index (χ1n) is 8.40. The van der Waals surface area contributed by atoms with Crippen LogP contribution in [0.4, 0.5) is 0 Å². The molecule has 0 bridgehead atoms. The van der Waals surface area contributed by atoms with Crippen molar-refractivity contribution in [2.45, 2.75) is 26.6 Å². The average Bonchev–Trinajstić information content (AvgIpc) is 2.82. The van der Waals surface area contributed by atoms with Gasteiger partial charge in [0.2, 0.25) is 0 Å². The minimum atomic E-state index is 0. The van der Waals surface area contributed by atoms with Crippen LogP contribution in [0.15, 0.2) is 24.3 Å². The Labute approximate surface area is 172 Å². The first kappa shape index (κ1) is 23.2.